The van der Waals surface area contributed by atoms with Crippen molar-refractivity contribution in [1.82, 2.24) is 0 Å². The van der Waals surface area contributed by atoms with E-state index in [0.717, 1.165) is 6.42 Å². The third-order valence-corrected chi connectivity index (χ3v) is 1.89. The summed E-state index contributed by atoms with van der Waals surface area (Å²) in [6.45, 7) is 4.10. The summed E-state index contributed by atoms with van der Waals surface area (Å²) < 4.78 is 18.5. The Morgan fingerprint density at radius 3 is 2.71 bits per heavy atom. The van der Waals surface area contributed by atoms with E-state index in [1.54, 1.807) is 12.1 Å². The van der Waals surface area contributed by atoms with Crippen LogP contribution in [0, 0.1) is 5.82 Å². The lowest BCUT2D eigenvalue weighted by molar-refractivity contribution is 0.194. The molecule has 1 aromatic rings. The van der Waals surface area contributed by atoms with E-state index in [2.05, 4.69) is 0 Å². The van der Waals surface area contributed by atoms with Gasteiger partial charge >= 0.3 is 0 Å². The molecule has 78 valence electrons. The maximum Gasteiger partial charge on any atom is 0.132 e. The Labute approximate surface area is 83.3 Å². The Balaban J connectivity index is 2.78. The van der Waals surface area contributed by atoms with E-state index in [1.165, 1.54) is 13.0 Å². The lowest BCUT2D eigenvalue weighted by atomic mass is 10.1. The highest BCUT2D eigenvalue weighted by atomic mass is 19.1. The van der Waals surface area contributed by atoms with E-state index < -0.39 is 11.9 Å². The van der Waals surface area contributed by atoms with E-state index in [9.17, 15) is 9.50 Å². The molecular formula is C11H15FO2. The second-order valence-electron chi connectivity index (χ2n) is 3.21. The molecule has 0 spiro atoms. The molecule has 2 nitrogen and oxygen atoms in total. The molecule has 0 heterocycles. The van der Waals surface area contributed by atoms with E-state index >= 15 is 0 Å². The van der Waals surface area contributed by atoms with Gasteiger partial charge in [0.2, 0.25) is 0 Å². The van der Waals surface area contributed by atoms with Crippen LogP contribution in [0.1, 0.15) is 31.9 Å². The fourth-order valence-electron chi connectivity index (χ4n) is 1.16. The number of hydrogen-bond donors (Lipinski definition) is 1. The highest BCUT2D eigenvalue weighted by Crippen LogP contribution is 2.21. The second kappa shape index (κ2) is 4.96. The van der Waals surface area contributed by atoms with Crippen molar-refractivity contribution in [2.75, 3.05) is 6.61 Å². The number of ether oxygens (including phenoxy) is 1. The topological polar surface area (TPSA) is 29.5 Å². The number of aliphatic hydroxyl groups is 1. The van der Waals surface area contributed by atoms with Crippen LogP contribution in [-0.4, -0.2) is 11.7 Å². The van der Waals surface area contributed by atoms with Crippen molar-refractivity contribution in [3.05, 3.63) is 29.6 Å². The normalized spacial score (nSPS) is 12.6. The molecule has 3 heteroatoms. The van der Waals surface area contributed by atoms with Crippen LogP contribution >= 0.6 is 0 Å². The SMILES string of the molecule is CCCOc1ccc(C(C)O)c(F)c1. The minimum atomic E-state index is -0.782. The Morgan fingerprint density at radius 2 is 2.21 bits per heavy atom. The van der Waals surface area contributed by atoms with Gasteiger partial charge in [0.1, 0.15) is 11.6 Å². The number of rotatable bonds is 4. The standard InChI is InChI=1S/C11H15FO2/c1-3-6-14-9-4-5-10(8(2)13)11(12)7-9/h4-5,7-8,13H,3,6H2,1-2H3. The molecule has 1 aromatic carbocycles. The van der Waals surface area contributed by atoms with Gasteiger partial charge in [-0.3, -0.25) is 0 Å². The van der Waals surface area contributed by atoms with Gasteiger partial charge in [0, 0.05) is 11.6 Å². The highest BCUT2D eigenvalue weighted by molar-refractivity contribution is 5.29. The first kappa shape index (κ1) is 11.0. The van der Waals surface area contributed by atoms with Crippen molar-refractivity contribution < 1.29 is 14.2 Å². The van der Waals surface area contributed by atoms with Crippen LogP contribution in [0.15, 0.2) is 18.2 Å². The number of benzene rings is 1. The van der Waals surface area contributed by atoms with E-state index in [-0.39, 0.29) is 0 Å². The van der Waals surface area contributed by atoms with Crippen LogP contribution in [0.25, 0.3) is 0 Å². The Morgan fingerprint density at radius 1 is 1.50 bits per heavy atom. The molecule has 0 amide bonds. The summed E-state index contributed by atoms with van der Waals surface area (Å²) >= 11 is 0. The van der Waals surface area contributed by atoms with Crippen LogP contribution in [0.2, 0.25) is 0 Å². The van der Waals surface area contributed by atoms with Gasteiger partial charge in [-0.05, 0) is 25.5 Å². The van der Waals surface area contributed by atoms with Gasteiger partial charge in [0.25, 0.3) is 0 Å². The quantitative estimate of drug-likeness (QED) is 0.806. The maximum atomic E-state index is 13.3. The van der Waals surface area contributed by atoms with Gasteiger partial charge in [-0.1, -0.05) is 6.92 Å². The molecule has 0 aliphatic rings. The highest BCUT2D eigenvalue weighted by Gasteiger charge is 2.08. The van der Waals surface area contributed by atoms with Crippen LogP contribution in [-0.2, 0) is 0 Å². The first-order valence-corrected chi connectivity index (χ1v) is 4.75. The zero-order valence-electron chi connectivity index (χ0n) is 8.46. The molecule has 0 aromatic heterocycles. The fraction of sp³-hybridized carbons (Fsp3) is 0.455. The molecule has 14 heavy (non-hydrogen) atoms. The average molecular weight is 198 g/mol. The first-order valence-electron chi connectivity index (χ1n) is 4.75. The summed E-state index contributed by atoms with van der Waals surface area (Å²) in [6, 6.07) is 4.52. The summed E-state index contributed by atoms with van der Waals surface area (Å²) in [7, 11) is 0. The zero-order chi connectivity index (χ0) is 10.6. The van der Waals surface area contributed by atoms with Crippen molar-refractivity contribution in [3.63, 3.8) is 0 Å². The smallest absolute Gasteiger partial charge is 0.132 e. The second-order valence-corrected chi connectivity index (χ2v) is 3.21. The molecule has 0 aliphatic carbocycles. The van der Waals surface area contributed by atoms with E-state index in [0.29, 0.717) is 17.9 Å². The van der Waals surface area contributed by atoms with Crippen molar-refractivity contribution >= 4 is 0 Å². The summed E-state index contributed by atoms with van der Waals surface area (Å²) in [5.74, 6) is 0.0855. The summed E-state index contributed by atoms with van der Waals surface area (Å²) in [5.41, 5.74) is 0.300. The Bertz CT molecular complexity index is 297. The predicted molar refractivity (Wildman–Crippen MR) is 52.8 cm³/mol. The average Bonchev–Trinajstić information content (AvgIpc) is 2.14. The number of halogens is 1. The van der Waals surface area contributed by atoms with E-state index in [4.69, 9.17) is 4.74 Å². The molecule has 1 unspecified atom stereocenters. The van der Waals surface area contributed by atoms with Crippen molar-refractivity contribution in [1.29, 1.82) is 0 Å². The molecule has 0 saturated heterocycles. The minimum absolute atomic E-state index is 0.300. The van der Waals surface area contributed by atoms with Crippen LogP contribution in [0.4, 0.5) is 4.39 Å². The van der Waals surface area contributed by atoms with Crippen molar-refractivity contribution in [2.24, 2.45) is 0 Å². The van der Waals surface area contributed by atoms with Crippen molar-refractivity contribution in [3.8, 4) is 5.75 Å². The lowest BCUT2D eigenvalue weighted by Gasteiger charge is -2.09. The number of aliphatic hydroxyl groups excluding tert-OH is 1. The van der Waals surface area contributed by atoms with Gasteiger partial charge in [-0.25, -0.2) is 4.39 Å². The molecule has 0 radical (unpaired) electrons. The molecule has 0 fully saturated rings. The van der Waals surface area contributed by atoms with Crippen molar-refractivity contribution in [2.45, 2.75) is 26.4 Å². The third-order valence-electron chi connectivity index (χ3n) is 1.89. The largest absolute Gasteiger partial charge is 0.494 e. The van der Waals surface area contributed by atoms with Gasteiger partial charge < -0.3 is 9.84 Å². The summed E-state index contributed by atoms with van der Waals surface area (Å²) in [4.78, 5) is 0. The third kappa shape index (κ3) is 2.70. The maximum absolute atomic E-state index is 13.3. The van der Waals surface area contributed by atoms with E-state index in [1.807, 2.05) is 6.92 Å². The fourth-order valence-corrected chi connectivity index (χ4v) is 1.16. The zero-order valence-corrected chi connectivity index (χ0v) is 8.46. The molecule has 0 bridgehead atoms. The van der Waals surface area contributed by atoms with Crippen LogP contribution in [0.3, 0.4) is 0 Å². The predicted octanol–water partition coefficient (Wildman–Crippen LogP) is 2.67. The monoisotopic (exact) mass is 198 g/mol. The van der Waals surface area contributed by atoms with Gasteiger partial charge in [0.05, 0.1) is 12.7 Å². The van der Waals surface area contributed by atoms with Gasteiger partial charge in [0.15, 0.2) is 0 Å². The molecule has 1 N–H and O–H groups in total. The number of hydrogen-bond acceptors (Lipinski definition) is 2. The summed E-state index contributed by atoms with van der Waals surface area (Å²) in [5, 5.41) is 9.19. The molecule has 1 atom stereocenters. The van der Waals surface area contributed by atoms with Gasteiger partial charge in [-0.15, -0.1) is 0 Å². The molecule has 0 aliphatic heterocycles. The summed E-state index contributed by atoms with van der Waals surface area (Å²) in [6.07, 6.45) is 0.106. The first-order chi connectivity index (χ1) is 6.65. The Hall–Kier alpha value is -1.09. The van der Waals surface area contributed by atoms with Gasteiger partial charge in [-0.2, -0.15) is 0 Å². The van der Waals surface area contributed by atoms with Crippen LogP contribution in [0.5, 0.6) is 5.75 Å². The molecular weight excluding hydrogens is 183 g/mol. The molecule has 1 rings (SSSR count). The lowest BCUT2D eigenvalue weighted by Crippen LogP contribution is -1.99. The molecule has 0 saturated carbocycles. The minimum Gasteiger partial charge on any atom is -0.494 e. The Kier molecular flexibility index (Phi) is 3.89. The van der Waals surface area contributed by atoms with Crippen LogP contribution < -0.4 is 4.74 Å².